The summed E-state index contributed by atoms with van der Waals surface area (Å²) >= 11 is 0. The first-order valence-corrected chi connectivity index (χ1v) is 7.11. The van der Waals surface area contributed by atoms with Crippen molar-refractivity contribution in [3.05, 3.63) is 59.7 Å². The predicted octanol–water partition coefficient (Wildman–Crippen LogP) is 5.36. The normalized spacial score (nSPS) is 13.8. The van der Waals surface area contributed by atoms with Crippen molar-refractivity contribution < 1.29 is 4.74 Å². The van der Waals surface area contributed by atoms with Gasteiger partial charge in [0.05, 0.1) is 0 Å². The molecular weight excluding hydrogens is 232 g/mol. The van der Waals surface area contributed by atoms with Gasteiger partial charge >= 0.3 is 0 Å². The number of benzene rings is 2. The van der Waals surface area contributed by atoms with Gasteiger partial charge in [-0.3, -0.25) is 0 Å². The van der Waals surface area contributed by atoms with Crippen LogP contribution in [0.1, 0.15) is 43.7 Å². The molecule has 1 heteroatoms. The van der Waals surface area contributed by atoms with Crippen molar-refractivity contribution in [3.63, 3.8) is 0 Å². The first-order chi connectivity index (χ1) is 9.25. The van der Waals surface area contributed by atoms with Gasteiger partial charge in [-0.1, -0.05) is 56.7 Å². The topological polar surface area (TPSA) is 9.23 Å². The van der Waals surface area contributed by atoms with Crippen molar-refractivity contribution in [2.45, 2.75) is 32.6 Å². The lowest BCUT2D eigenvalue weighted by Crippen LogP contribution is -2.10. The molecule has 0 aliphatic carbocycles. The Hall–Kier alpha value is -1.76. The van der Waals surface area contributed by atoms with E-state index in [4.69, 9.17) is 4.74 Å². The summed E-state index contributed by atoms with van der Waals surface area (Å²) in [6, 6.07) is 16.9. The minimum absolute atomic E-state index is 0.476. The van der Waals surface area contributed by atoms with E-state index < -0.39 is 0 Å². The molecule has 0 aromatic heterocycles. The van der Waals surface area contributed by atoms with E-state index in [0.29, 0.717) is 5.92 Å². The van der Waals surface area contributed by atoms with Gasteiger partial charge in [-0.2, -0.15) is 0 Å². The first kappa shape index (κ1) is 12.3. The summed E-state index contributed by atoms with van der Waals surface area (Å²) < 4.78 is 6.01. The van der Waals surface area contributed by atoms with Crippen LogP contribution in [0.4, 0.5) is 0 Å². The molecule has 3 rings (SSSR count). The van der Waals surface area contributed by atoms with Gasteiger partial charge < -0.3 is 4.74 Å². The smallest absolute Gasteiger partial charge is 0.131 e. The second-order valence-electron chi connectivity index (χ2n) is 5.70. The monoisotopic (exact) mass is 252 g/mol. The Balaban J connectivity index is 2.01. The quantitative estimate of drug-likeness (QED) is 0.714. The summed E-state index contributed by atoms with van der Waals surface area (Å²) in [7, 11) is 0. The zero-order valence-corrected chi connectivity index (χ0v) is 11.6. The Morgan fingerprint density at radius 3 is 1.95 bits per heavy atom. The van der Waals surface area contributed by atoms with Crippen molar-refractivity contribution >= 4 is 0 Å². The molecule has 0 atom stereocenters. The summed E-state index contributed by atoms with van der Waals surface area (Å²) in [6.45, 7) is 4.58. The fourth-order valence-electron chi connectivity index (χ4n) is 2.82. The lowest BCUT2D eigenvalue weighted by atomic mass is 9.83. The van der Waals surface area contributed by atoms with Gasteiger partial charge in [-0.05, 0) is 24.5 Å². The highest BCUT2D eigenvalue weighted by Gasteiger charge is 2.26. The van der Waals surface area contributed by atoms with Crippen molar-refractivity contribution in [2.24, 2.45) is 5.92 Å². The molecule has 1 aliphatic rings. The van der Waals surface area contributed by atoms with E-state index in [1.807, 2.05) is 12.1 Å². The molecule has 98 valence electrons. The second-order valence-corrected chi connectivity index (χ2v) is 5.70. The van der Waals surface area contributed by atoms with Gasteiger partial charge in [0.1, 0.15) is 11.5 Å². The fraction of sp³-hybridized carbons (Fsp3) is 0.333. The highest BCUT2D eigenvalue weighted by atomic mass is 16.5. The van der Waals surface area contributed by atoms with Gasteiger partial charge in [0.2, 0.25) is 0 Å². The number of hydrogen-bond donors (Lipinski definition) is 0. The number of ether oxygens (including phenoxy) is 1. The van der Waals surface area contributed by atoms with E-state index in [0.717, 1.165) is 17.4 Å². The minimum atomic E-state index is 0.476. The van der Waals surface area contributed by atoms with Gasteiger partial charge in [-0.15, -0.1) is 0 Å². The van der Waals surface area contributed by atoms with Crippen LogP contribution in [0.2, 0.25) is 0 Å². The van der Waals surface area contributed by atoms with Gasteiger partial charge in [0.15, 0.2) is 0 Å². The summed E-state index contributed by atoms with van der Waals surface area (Å²) in [4.78, 5) is 0. The highest BCUT2D eigenvalue weighted by molar-refractivity contribution is 5.53. The molecule has 1 nitrogen and oxygen atoms in total. The third kappa shape index (κ3) is 2.37. The Bertz CT molecular complexity index is 526. The third-order valence-corrected chi connectivity index (χ3v) is 3.84. The van der Waals surface area contributed by atoms with Gasteiger partial charge in [0.25, 0.3) is 0 Å². The van der Waals surface area contributed by atoms with Crippen LogP contribution < -0.4 is 4.74 Å². The number of fused-ring (bicyclic) bond motifs is 2. The maximum absolute atomic E-state index is 6.01. The van der Waals surface area contributed by atoms with Crippen LogP contribution in [0, 0.1) is 5.92 Å². The number of rotatable bonds is 3. The molecular formula is C18H20O. The van der Waals surface area contributed by atoms with Gasteiger partial charge in [-0.25, -0.2) is 0 Å². The van der Waals surface area contributed by atoms with Crippen LogP contribution >= 0.6 is 0 Å². The van der Waals surface area contributed by atoms with E-state index in [-0.39, 0.29) is 0 Å². The van der Waals surface area contributed by atoms with E-state index in [9.17, 15) is 0 Å². The van der Waals surface area contributed by atoms with Crippen LogP contribution in [0.15, 0.2) is 48.5 Å². The zero-order chi connectivity index (χ0) is 13.2. The minimum Gasteiger partial charge on any atom is -0.457 e. The average molecular weight is 252 g/mol. The number of para-hydroxylation sites is 2. The molecule has 0 fully saturated rings. The largest absolute Gasteiger partial charge is 0.457 e. The molecule has 0 saturated carbocycles. The maximum Gasteiger partial charge on any atom is 0.131 e. The van der Waals surface area contributed by atoms with Crippen molar-refractivity contribution in [2.75, 3.05) is 0 Å². The summed E-state index contributed by atoms with van der Waals surface area (Å²) in [5.41, 5.74) is 2.67. The lowest BCUT2D eigenvalue weighted by Gasteiger charge is -2.28. The Labute approximate surface area is 115 Å². The Kier molecular flexibility index (Phi) is 3.29. The molecule has 0 amide bonds. The molecule has 0 spiro atoms. The van der Waals surface area contributed by atoms with Crippen LogP contribution in [-0.4, -0.2) is 0 Å². The fourth-order valence-corrected chi connectivity index (χ4v) is 2.82. The van der Waals surface area contributed by atoms with E-state index in [1.165, 1.54) is 24.0 Å². The second kappa shape index (κ2) is 5.08. The molecule has 1 heterocycles. The predicted molar refractivity (Wildman–Crippen MR) is 78.9 cm³/mol. The van der Waals surface area contributed by atoms with Crippen LogP contribution in [-0.2, 0) is 0 Å². The van der Waals surface area contributed by atoms with Crippen LogP contribution in [0.25, 0.3) is 0 Å². The zero-order valence-electron chi connectivity index (χ0n) is 11.6. The lowest BCUT2D eigenvalue weighted by molar-refractivity contribution is 0.429. The molecule has 2 aromatic rings. The van der Waals surface area contributed by atoms with E-state index in [1.54, 1.807) is 0 Å². The van der Waals surface area contributed by atoms with Gasteiger partial charge in [0, 0.05) is 17.0 Å². The summed E-state index contributed by atoms with van der Waals surface area (Å²) in [5.74, 6) is 3.26. The van der Waals surface area contributed by atoms with Crippen molar-refractivity contribution in [1.29, 1.82) is 0 Å². The maximum atomic E-state index is 6.01. The summed E-state index contributed by atoms with van der Waals surface area (Å²) in [6.07, 6.45) is 2.43. The molecule has 0 saturated heterocycles. The molecule has 0 N–H and O–H groups in total. The third-order valence-electron chi connectivity index (χ3n) is 3.84. The van der Waals surface area contributed by atoms with E-state index in [2.05, 4.69) is 50.2 Å². The molecule has 0 bridgehead atoms. The molecule has 19 heavy (non-hydrogen) atoms. The first-order valence-electron chi connectivity index (χ1n) is 7.11. The van der Waals surface area contributed by atoms with E-state index >= 15 is 0 Å². The molecule has 0 radical (unpaired) electrons. The highest BCUT2D eigenvalue weighted by Crippen LogP contribution is 2.46. The average Bonchev–Trinajstić information content (AvgIpc) is 2.43. The summed E-state index contributed by atoms with van der Waals surface area (Å²) in [5, 5.41) is 0. The SMILES string of the molecule is CC(C)CCC1c2ccccc2Oc2ccccc21. The standard InChI is InChI=1S/C18H20O/c1-13(2)11-12-14-15-7-3-5-9-17(15)19-18-10-6-4-8-16(14)18/h3-10,13-14H,11-12H2,1-2H3. The molecule has 1 aliphatic heterocycles. The number of hydrogen-bond acceptors (Lipinski definition) is 1. The van der Waals surface area contributed by atoms with Crippen molar-refractivity contribution in [1.82, 2.24) is 0 Å². The van der Waals surface area contributed by atoms with Crippen LogP contribution in [0.3, 0.4) is 0 Å². The molecule has 2 aromatic carbocycles. The Morgan fingerprint density at radius 1 is 0.895 bits per heavy atom. The van der Waals surface area contributed by atoms with Crippen molar-refractivity contribution in [3.8, 4) is 11.5 Å². The Morgan fingerprint density at radius 2 is 1.42 bits per heavy atom. The van der Waals surface area contributed by atoms with Crippen LogP contribution in [0.5, 0.6) is 11.5 Å². The molecule has 0 unspecified atom stereocenters.